The molecule has 1 aliphatic heterocycles. The molecule has 0 bridgehead atoms. The van der Waals surface area contributed by atoms with E-state index in [0.717, 1.165) is 5.56 Å². The van der Waals surface area contributed by atoms with Gasteiger partial charge in [-0.2, -0.15) is 0 Å². The Kier molecular flexibility index (Phi) is 3.03. The van der Waals surface area contributed by atoms with Gasteiger partial charge in [-0.3, -0.25) is 4.79 Å². The highest BCUT2D eigenvalue weighted by atomic mass is 35.5. The zero-order valence-corrected chi connectivity index (χ0v) is 9.85. The Labute approximate surface area is 98.5 Å². The van der Waals surface area contributed by atoms with Gasteiger partial charge in [-0.05, 0) is 20.0 Å². The average Bonchev–Trinajstić information content (AvgIpc) is 2.73. The smallest absolute Gasteiger partial charge is 0.231 e. The normalized spacial score (nSPS) is 12.9. The van der Waals surface area contributed by atoms with E-state index in [1.807, 2.05) is 6.92 Å². The van der Waals surface area contributed by atoms with Crippen molar-refractivity contribution in [2.75, 3.05) is 20.4 Å². The van der Waals surface area contributed by atoms with Crippen LogP contribution in [-0.2, 0) is 0 Å². The SMILES string of the molecule is CNCC(=O)c1cc(Cl)c2c(c1C)OCO2. The van der Waals surface area contributed by atoms with Crippen LogP contribution in [0.4, 0.5) is 0 Å². The third-order valence-corrected chi connectivity index (χ3v) is 2.76. The van der Waals surface area contributed by atoms with Gasteiger partial charge in [-0.15, -0.1) is 0 Å². The molecule has 4 nitrogen and oxygen atoms in total. The fraction of sp³-hybridized carbons (Fsp3) is 0.364. The first-order valence-electron chi connectivity index (χ1n) is 4.91. The molecular formula is C11H12ClNO3. The maximum Gasteiger partial charge on any atom is 0.231 e. The Hall–Kier alpha value is -1.26. The van der Waals surface area contributed by atoms with Crippen LogP contribution in [0.25, 0.3) is 0 Å². The van der Waals surface area contributed by atoms with E-state index in [-0.39, 0.29) is 19.1 Å². The number of likely N-dealkylation sites (N-methyl/N-ethyl adjacent to an activating group) is 1. The number of hydrogen-bond donors (Lipinski definition) is 1. The summed E-state index contributed by atoms with van der Waals surface area (Å²) in [4.78, 5) is 11.8. The first-order valence-corrected chi connectivity index (χ1v) is 5.29. The van der Waals surface area contributed by atoms with E-state index in [4.69, 9.17) is 21.1 Å². The molecule has 1 aliphatic rings. The number of carbonyl (C=O) groups is 1. The van der Waals surface area contributed by atoms with Gasteiger partial charge in [-0.1, -0.05) is 11.6 Å². The third-order valence-electron chi connectivity index (χ3n) is 2.48. The molecule has 0 spiro atoms. The molecule has 16 heavy (non-hydrogen) atoms. The number of fused-ring (bicyclic) bond motifs is 1. The minimum Gasteiger partial charge on any atom is -0.453 e. The Morgan fingerprint density at radius 2 is 2.19 bits per heavy atom. The van der Waals surface area contributed by atoms with Crippen molar-refractivity contribution in [2.24, 2.45) is 0 Å². The third kappa shape index (κ3) is 1.74. The molecule has 0 fully saturated rings. The van der Waals surface area contributed by atoms with Crippen molar-refractivity contribution in [3.63, 3.8) is 0 Å². The lowest BCUT2D eigenvalue weighted by atomic mass is 10.0. The first kappa shape index (κ1) is 11.2. The summed E-state index contributed by atoms with van der Waals surface area (Å²) < 4.78 is 10.5. The molecule has 0 saturated carbocycles. The molecule has 0 saturated heterocycles. The summed E-state index contributed by atoms with van der Waals surface area (Å²) in [7, 11) is 1.72. The number of ether oxygens (including phenoxy) is 2. The number of hydrogen-bond acceptors (Lipinski definition) is 4. The molecular weight excluding hydrogens is 230 g/mol. The van der Waals surface area contributed by atoms with Crippen LogP contribution in [0, 0.1) is 6.92 Å². The highest BCUT2D eigenvalue weighted by Crippen LogP contribution is 2.43. The number of ketones is 1. The van der Waals surface area contributed by atoms with Gasteiger partial charge >= 0.3 is 0 Å². The van der Waals surface area contributed by atoms with E-state index >= 15 is 0 Å². The Morgan fingerprint density at radius 1 is 1.50 bits per heavy atom. The van der Waals surface area contributed by atoms with E-state index in [9.17, 15) is 4.79 Å². The topological polar surface area (TPSA) is 47.6 Å². The summed E-state index contributed by atoms with van der Waals surface area (Å²) in [6, 6.07) is 1.63. The van der Waals surface area contributed by atoms with Crippen LogP contribution >= 0.6 is 11.6 Å². The summed E-state index contributed by atoms with van der Waals surface area (Å²) >= 11 is 6.01. The molecule has 2 rings (SSSR count). The Morgan fingerprint density at radius 3 is 2.88 bits per heavy atom. The Balaban J connectivity index is 2.48. The van der Waals surface area contributed by atoms with E-state index in [1.165, 1.54) is 0 Å². The second-order valence-corrected chi connectivity index (χ2v) is 3.96. The average molecular weight is 242 g/mol. The standard InChI is InChI=1S/C11H12ClNO3/c1-6-7(9(14)4-13-2)3-8(12)11-10(6)15-5-16-11/h3,13H,4-5H2,1-2H3. The molecule has 1 aromatic carbocycles. The summed E-state index contributed by atoms with van der Waals surface area (Å²) in [6.45, 7) is 2.25. The van der Waals surface area contributed by atoms with Gasteiger partial charge in [0.2, 0.25) is 6.79 Å². The molecule has 0 atom stereocenters. The minimum absolute atomic E-state index is 0.0137. The first-order chi connectivity index (χ1) is 7.65. The number of nitrogens with one attached hydrogen (secondary N) is 1. The maximum atomic E-state index is 11.8. The van der Waals surface area contributed by atoms with E-state index < -0.39 is 0 Å². The predicted molar refractivity (Wildman–Crippen MR) is 60.6 cm³/mol. The van der Waals surface area contributed by atoms with Crippen LogP contribution < -0.4 is 14.8 Å². The van der Waals surface area contributed by atoms with E-state index in [0.29, 0.717) is 22.1 Å². The summed E-state index contributed by atoms with van der Waals surface area (Å²) in [5, 5.41) is 3.23. The molecule has 5 heteroatoms. The lowest BCUT2D eigenvalue weighted by molar-refractivity contribution is 0.0992. The molecule has 0 amide bonds. The van der Waals surface area contributed by atoms with Crippen LogP contribution in [0.2, 0.25) is 5.02 Å². The monoisotopic (exact) mass is 241 g/mol. The molecule has 0 aromatic heterocycles. The lowest BCUT2D eigenvalue weighted by Gasteiger charge is -2.09. The quantitative estimate of drug-likeness (QED) is 0.820. The fourth-order valence-electron chi connectivity index (χ4n) is 1.70. The number of carbonyl (C=O) groups excluding carboxylic acids is 1. The zero-order chi connectivity index (χ0) is 11.7. The molecule has 1 heterocycles. The predicted octanol–water partition coefficient (Wildman–Crippen LogP) is 1.78. The summed E-state index contributed by atoms with van der Waals surface area (Å²) in [6.07, 6.45) is 0. The zero-order valence-electron chi connectivity index (χ0n) is 9.09. The van der Waals surface area contributed by atoms with Crippen LogP contribution in [0.5, 0.6) is 11.5 Å². The van der Waals surface area contributed by atoms with Crippen LogP contribution in [0.1, 0.15) is 15.9 Å². The lowest BCUT2D eigenvalue weighted by Crippen LogP contribution is -2.19. The summed E-state index contributed by atoms with van der Waals surface area (Å²) in [5.74, 6) is 1.09. The van der Waals surface area contributed by atoms with Crippen LogP contribution in [-0.4, -0.2) is 26.2 Å². The fourth-order valence-corrected chi connectivity index (χ4v) is 1.95. The molecule has 0 radical (unpaired) electrons. The van der Waals surface area contributed by atoms with Crippen molar-refractivity contribution in [2.45, 2.75) is 6.92 Å². The molecule has 0 aliphatic carbocycles. The van der Waals surface area contributed by atoms with Crippen molar-refractivity contribution in [3.05, 3.63) is 22.2 Å². The Bertz CT molecular complexity index is 445. The largest absolute Gasteiger partial charge is 0.453 e. The van der Waals surface area contributed by atoms with E-state index in [2.05, 4.69) is 5.32 Å². The second kappa shape index (κ2) is 4.31. The van der Waals surface area contributed by atoms with Gasteiger partial charge in [0.05, 0.1) is 11.6 Å². The van der Waals surface area contributed by atoms with Crippen molar-refractivity contribution in [1.29, 1.82) is 0 Å². The number of Topliss-reactive ketones (excluding diaryl/α,β-unsaturated/α-hetero) is 1. The van der Waals surface area contributed by atoms with Gasteiger partial charge < -0.3 is 14.8 Å². The summed E-state index contributed by atoms with van der Waals surface area (Å²) in [5.41, 5.74) is 1.35. The molecule has 1 aromatic rings. The van der Waals surface area contributed by atoms with Gasteiger partial charge in [-0.25, -0.2) is 0 Å². The van der Waals surface area contributed by atoms with Crippen LogP contribution in [0.3, 0.4) is 0 Å². The number of rotatable bonds is 3. The van der Waals surface area contributed by atoms with E-state index in [1.54, 1.807) is 13.1 Å². The van der Waals surface area contributed by atoms with Gasteiger partial charge in [0.25, 0.3) is 0 Å². The second-order valence-electron chi connectivity index (χ2n) is 3.55. The van der Waals surface area contributed by atoms with Gasteiger partial charge in [0.15, 0.2) is 17.3 Å². The number of benzene rings is 1. The van der Waals surface area contributed by atoms with Crippen LogP contribution in [0.15, 0.2) is 6.07 Å². The molecule has 86 valence electrons. The molecule has 0 unspecified atom stereocenters. The van der Waals surface area contributed by atoms with Crippen molar-refractivity contribution in [1.82, 2.24) is 5.32 Å². The maximum absolute atomic E-state index is 11.8. The van der Waals surface area contributed by atoms with Crippen molar-refractivity contribution in [3.8, 4) is 11.5 Å². The highest BCUT2D eigenvalue weighted by molar-refractivity contribution is 6.33. The van der Waals surface area contributed by atoms with Gasteiger partial charge in [0, 0.05) is 11.1 Å². The van der Waals surface area contributed by atoms with Crippen molar-refractivity contribution >= 4 is 17.4 Å². The minimum atomic E-state index is -0.0137. The highest BCUT2D eigenvalue weighted by Gasteiger charge is 2.24. The van der Waals surface area contributed by atoms with Gasteiger partial charge in [0.1, 0.15) is 0 Å². The molecule has 1 N–H and O–H groups in total. The van der Waals surface area contributed by atoms with Crippen molar-refractivity contribution < 1.29 is 14.3 Å². The number of halogens is 1.